The van der Waals surface area contributed by atoms with E-state index in [-0.39, 0.29) is 5.41 Å². The first-order valence-corrected chi connectivity index (χ1v) is 4.74. The van der Waals surface area contributed by atoms with Crippen molar-refractivity contribution in [3.8, 4) is 0 Å². The molecule has 0 fully saturated rings. The molecule has 70 valence electrons. The van der Waals surface area contributed by atoms with Gasteiger partial charge in [0.05, 0.1) is 0 Å². The first kappa shape index (κ1) is 10.0. The molecule has 0 aliphatic carbocycles. The van der Waals surface area contributed by atoms with Gasteiger partial charge in [0, 0.05) is 0 Å². The second-order valence-corrected chi connectivity index (χ2v) is 4.44. The van der Waals surface area contributed by atoms with Crippen molar-refractivity contribution in [2.75, 3.05) is 0 Å². The van der Waals surface area contributed by atoms with Crippen LogP contribution < -0.4 is 0 Å². The molecule has 0 nitrogen and oxygen atoms in total. The SMILES string of the molecule is C=CCc1cccc(C(C)(C)C)c1. The second kappa shape index (κ2) is 3.78. The molecule has 0 radical (unpaired) electrons. The van der Waals surface area contributed by atoms with Crippen molar-refractivity contribution in [2.24, 2.45) is 0 Å². The quantitative estimate of drug-likeness (QED) is 0.599. The molecule has 0 aliphatic heterocycles. The van der Waals surface area contributed by atoms with E-state index in [1.165, 1.54) is 11.1 Å². The highest BCUT2D eigenvalue weighted by atomic mass is 14.2. The van der Waals surface area contributed by atoms with Gasteiger partial charge in [0.1, 0.15) is 0 Å². The van der Waals surface area contributed by atoms with Gasteiger partial charge in [-0.25, -0.2) is 0 Å². The fourth-order valence-electron chi connectivity index (χ4n) is 1.33. The lowest BCUT2D eigenvalue weighted by Gasteiger charge is -2.19. The van der Waals surface area contributed by atoms with Crippen LogP contribution in [0.15, 0.2) is 36.9 Å². The van der Waals surface area contributed by atoms with E-state index in [4.69, 9.17) is 0 Å². The summed E-state index contributed by atoms with van der Waals surface area (Å²) in [6.07, 6.45) is 2.91. The highest BCUT2D eigenvalue weighted by Gasteiger charge is 2.12. The number of hydrogen-bond acceptors (Lipinski definition) is 0. The average Bonchev–Trinajstić information content (AvgIpc) is 2.04. The van der Waals surface area contributed by atoms with Crippen LogP contribution in [0.2, 0.25) is 0 Å². The zero-order valence-electron chi connectivity index (χ0n) is 8.80. The molecular weight excluding hydrogens is 156 g/mol. The van der Waals surface area contributed by atoms with Crippen molar-refractivity contribution < 1.29 is 0 Å². The van der Waals surface area contributed by atoms with Crippen LogP contribution in [-0.2, 0) is 11.8 Å². The summed E-state index contributed by atoms with van der Waals surface area (Å²) < 4.78 is 0. The predicted molar refractivity (Wildman–Crippen MR) is 59.0 cm³/mol. The van der Waals surface area contributed by atoms with Gasteiger partial charge in [-0.3, -0.25) is 0 Å². The Kier molecular flexibility index (Phi) is 2.92. The number of benzene rings is 1. The first-order chi connectivity index (χ1) is 6.04. The molecule has 1 aromatic carbocycles. The predicted octanol–water partition coefficient (Wildman–Crippen LogP) is 3.71. The van der Waals surface area contributed by atoms with Crippen LogP contribution in [0, 0.1) is 0 Å². The third-order valence-corrected chi connectivity index (χ3v) is 2.17. The lowest BCUT2D eigenvalue weighted by molar-refractivity contribution is 0.589. The molecule has 0 aromatic heterocycles. The zero-order valence-corrected chi connectivity index (χ0v) is 8.80. The number of rotatable bonds is 2. The Labute approximate surface area is 81.3 Å². The van der Waals surface area contributed by atoms with Gasteiger partial charge in [0.2, 0.25) is 0 Å². The molecule has 0 spiro atoms. The monoisotopic (exact) mass is 174 g/mol. The summed E-state index contributed by atoms with van der Waals surface area (Å²) in [6.45, 7) is 10.5. The van der Waals surface area contributed by atoms with Crippen molar-refractivity contribution in [1.82, 2.24) is 0 Å². The number of allylic oxidation sites excluding steroid dienone is 1. The summed E-state index contributed by atoms with van der Waals surface area (Å²) in [5.74, 6) is 0. The van der Waals surface area contributed by atoms with Gasteiger partial charge < -0.3 is 0 Å². The van der Waals surface area contributed by atoms with Crippen molar-refractivity contribution in [2.45, 2.75) is 32.6 Å². The van der Waals surface area contributed by atoms with E-state index in [0.717, 1.165) is 6.42 Å². The van der Waals surface area contributed by atoms with Gasteiger partial charge in [0.15, 0.2) is 0 Å². The Morgan fingerprint density at radius 1 is 1.31 bits per heavy atom. The maximum atomic E-state index is 3.75. The smallest absolute Gasteiger partial charge is 0.0100 e. The fourth-order valence-corrected chi connectivity index (χ4v) is 1.33. The number of hydrogen-bond donors (Lipinski definition) is 0. The standard InChI is InChI=1S/C13H18/c1-5-7-11-8-6-9-12(10-11)13(2,3)4/h5-6,8-10H,1,7H2,2-4H3. The molecule has 13 heavy (non-hydrogen) atoms. The highest BCUT2D eigenvalue weighted by Crippen LogP contribution is 2.22. The fraction of sp³-hybridized carbons (Fsp3) is 0.385. The zero-order chi connectivity index (χ0) is 9.90. The highest BCUT2D eigenvalue weighted by molar-refractivity contribution is 5.29. The van der Waals surface area contributed by atoms with Crippen molar-refractivity contribution in [1.29, 1.82) is 0 Å². The minimum absolute atomic E-state index is 0.247. The van der Waals surface area contributed by atoms with E-state index >= 15 is 0 Å². The van der Waals surface area contributed by atoms with E-state index < -0.39 is 0 Å². The van der Waals surface area contributed by atoms with Crippen molar-refractivity contribution >= 4 is 0 Å². The van der Waals surface area contributed by atoms with Gasteiger partial charge >= 0.3 is 0 Å². The summed E-state index contributed by atoms with van der Waals surface area (Å²) in [7, 11) is 0. The normalized spacial score (nSPS) is 11.3. The molecule has 0 aliphatic rings. The Morgan fingerprint density at radius 2 is 2.00 bits per heavy atom. The summed E-state index contributed by atoms with van der Waals surface area (Å²) in [5, 5.41) is 0. The van der Waals surface area contributed by atoms with Gasteiger partial charge in [-0.1, -0.05) is 51.1 Å². The van der Waals surface area contributed by atoms with Crippen LogP contribution >= 0.6 is 0 Å². The summed E-state index contributed by atoms with van der Waals surface area (Å²) >= 11 is 0. The molecule has 1 aromatic rings. The summed E-state index contributed by atoms with van der Waals surface area (Å²) in [6, 6.07) is 8.73. The van der Waals surface area contributed by atoms with Gasteiger partial charge in [0.25, 0.3) is 0 Å². The largest absolute Gasteiger partial charge is 0.103 e. The van der Waals surface area contributed by atoms with Crippen LogP contribution in [0.1, 0.15) is 31.9 Å². The van der Waals surface area contributed by atoms with Crippen LogP contribution in [0.4, 0.5) is 0 Å². The Balaban J connectivity index is 2.98. The van der Waals surface area contributed by atoms with E-state index in [1.807, 2.05) is 6.08 Å². The third kappa shape index (κ3) is 2.73. The molecule has 0 heterocycles. The molecular formula is C13H18. The van der Waals surface area contributed by atoms with Gasteiger partial charge in [-0.15, -0.1) is 6.58 Å². The Morgan fingerprint density at radius 3 is 2.54 bits per heavy atom. The maximum Gasteiger partial charge on any atom is -0.0100 e. The minimum Gasteiger partial charge on any atom is -0.103 e. The van der Waals surface area contributed by atoms with Crippen molar-refractivity contribution in [3.05, 3.63) is 48.0 Å². The van der Waals surface area contributed by atoms with Crippen LogP contribution in [0.25, 0.3) is 0 Å². The average molecular weight is 174 g/mol. The van der Waals surface area contributed by atoms with E-state index in [0.29, 0.717) is 0 Å². The molecule has 0 bridgehead atoms. The summed E-state index contributed by atoms with van der Waals surface area (Å²) in [4.78, 5) is 0. The second-order valence-electron chi connectivity index (χ2n) is 4.44. The molecule has 0 amide bonds. The topological polar surface area (TPSA) is 0 Å². The molecule has 1 rings (SSSR count). The molecule has 0 unspecified atom stereocenters. The van der Waals surface area contributed by atoms with E-state index in [1.54, 1.807) is 0 Å². The summed E-state index contributed by atoms with van der Waals surface area (Å²) in [5.41, 5.74) is 2.99. The first-order valence-electron chi connectivity index (χ1n) is 4.74. The van der Waals surface area contributed by atoms with Gasteiger partial charge in [-0.05, 0) is 23.0 Å². The molecule has 0 atom stereocenters. The Hall–Kier alpha value is -1.04. The molecule has 0 N–H and O–H groups in total. The molecule has 0 saturated carbocycles. The van der Waals surface area contributed by atoms with Crippen LogP contribution in [-0.4, -0.2) is 0 Å². The minimum atomic E-state index is 0.247. The lowest BCUT2D eigenvalue weighted by atomic mass is 9.86. The van der Waals surface area contributed by atoms with Gasteiger partial charge in [-0.2, -0.15) is 0 Å². The van der Waals surface area contributed by atoms with E-state index in [9.17, 15) is 0 Å². The van der Waals surface area contributed by atoms with E-state index in [2.05, 4.69) is 51.6 Å². The molecule has 0 heteroatoms. The third-order valence-electron chi connectivity index (χ3n) is 2.17. The molecule has 0 saturated heterocycles. The Bertz CT molecular complexity index is 289. The van der Waals surface area contributed by atoms with Crippen molar-refractivity contribution in [3.63, 3.8) is 0 Å². The lowest BCUT2D eigenvalue weighted by Crippen LogP contribution is -2.11. The van der Waals surface area contributed by atoms with Crippen LogP contribution in [0.3, 0.4) is 0 Å². The van der Waals surface area contributed by atoms with Crippen LogP contribution in [0.5, 0.6) is 0 Å². The maximum absolute atomic E-state index is 3.75.